The van der Waals surface area contributed by atoms with Gasteiger partial charge in [-0.25, -0.2) is 13.4 Å². The van der Waals surface area contributed by atoms with E-state index in [-0.39, 0.29) is 31.2 Å². The molecule has 3 fully saturated rings. The Hall–Kier alpha value is -3.69. The highest BCUT2D eigenvalue weighted by Crippen LogP contribution is 2.47. The lowest BCUT2D eigenvalue weighted by Crippen LogP contribution is -2.58. The van der Waals surface area contributed by atoms with Crippen molar-refractivity contribution in [3.05, 3.63) is 59.1 Å². The summed E-state index contributed by atoms with van der Waals surface area (Å²) in [5, 5.41) is 6.77. The van der Waals surface area contributed by atoms with Gasteiger partial charge in [0, 0.05) is 28.6 Å². The standard InChI is InChI=1S/C36H42BrN5O7S2/c1-35(15-16-35)51(46,47)41-33(45)36-20-22(36)9-6-4-3-5-7-12-28(38-24-10-8-11-25(18-24)48-2)32(44)42-21-26(19-29(42)31(43)40-36)49-34-39-27-14-13-23(37)17-30(27)50-34/h6,8-11,13-14,17-18,22,26,28-29,38H,3-5,7,12,15-16,19-21H2,1-2H3,(H,40,43)(H,41,45)/t22-,26-,28+,29+,36-/m1/s1. The van der Waals surface area contributed by atoms with Crippen molar-refractivity contribution in [2.75, 3.05) is 19.0 Å². The van der Waals surface area contributed by atoms with Crippen LogP contribution in [0.5, 0.6) is 10.9 Å². The van der Waals surface area contributed by atoms with E-state index in [1.807, 2.05) is 54.6 Å². The smallest absolute Gasteiger partial charge is 0.274 e. The minimum absolute atomic E-state index is 0.127. The molecular formula is C36H42BrN5O7S2. The minimum Gasteiger partial charge on any atom is -0.497 e. The molecular weight excluding hydrogens is 758 g/mol. The largest absolute Gasteiger partial charge is 0.497 e. The average molecular weight is 801 g/mol. The van der Waals surface area contributed by atoms with E-state index in [0.717, 1.165) is 40.4 Å². The van der Waals surface area contributed by atoms with Crippen molar-refractivity contribution in [3.63, 3.8) is 0 Å². The van der Waals surface area contributed by atoms with Gasteiger partial charge in [0.15, 0.2) is 0 Å². The molecule has 0 radical (unpaired) electrons. The number of carbonyl (C=O) groups excluding carboxylic acids is 3. The van der Waals surface area contributed by atoms with Gasteiger partial charge < -0.3 is 25.0 Å². The number of halogens is 1. The fourth-order valence-corrected chi connectivity index (χ4v) is 9.68. The predicted octanol–water partition coefficient (Wildman–Crippen LogP) is 5.29. The molecule has 2 aliphatic carbocycles. The Kier molecular flexibility index (Phi) is 9.82. The molecule has 3 heterocycles. The maximum atomic E-state index is 14.6. The molecule has 3 N–H and O–H groups in total. The number of hydrogen-bond donors (Lipinski definition) is 3. The van der Waals surface area contributed by atoms with Gasteiger partial charge in [-0.3, -0.25) is 19.1 Å². The number of anilines is 1. The highest BCUT2D eigenvalue weighted by molar-refractivity contribution is 9.10. The lowest BCUT2D eigenvalue weighted by atomic mass is 10.0. The molecule has 1 saturated heterocycles. The lowest BCUT2D eigenvalue weighted by Gasteiger charge is -2.30. The van der Waals surface area contributed by atoms with E-state index < -0.39 is 50.3 Å². The van der Waals surface area contributed by atoms with Gasteiger partial charge in [-0.2, -0.15) is 0 Å². The SMILES string of the molecule is COc1cccc(N[C@H]2CCCCCC=C[C@@H]3C[C@@]3(C(=O)NS(=O)(=O)C3(C)CC3)NC(=O)[C@@H]3C[C@@H](Oc4nc5ccc(Br)cc5s4)CN3C2=O)c1. The first-order valence-corrected chi connectivity index (χ1v) is 20.5. The molecule has 3 amide bonds. The number of nitrogens with zero attached hydrogens (tertiary/aromatic N) is 2. The summed E-state index contributed by atoms with van der Waals surface area (Å²) in [5.41, 5.74) is 0.0423. The highest BCUT2D eigenvalue weighted by Gasteiger charge is 2.63. The van der Waals surface area contributed by atoms with E-state index in [9.17, 15) is 22.8 Å². The van der Waals surface area contributed by atoms with E-state index in [1.54, 1.807) is 18.9 Å². The second-order valence-electron chi connectivity index (χ2n) is 14.2. The zero-order chi connectivity index (χ0) is 36.0. The molecule has 1 aromatic heterocycles. The quantitative estimate of drug-likeness (QED) is 0.258. The summed E-state index contributed by atoms with van der Waals surface area (Å²) in [6, 6.07) is 11.5. The molecule has 0 unspecified atom stereocenters. The zero-order valence-corrected chi connectivity index (χ0v) is 31.7. The van der Waals surface area contributed by atoms with Crippen molar-refractivity contribution in [3.8, 4) is 10.9 Å². The van der Waals surface area contributed by atoms with E-state index in [0.29, 0.717) is 35.9 Å². The molecule has 2 aliphatic heterocycles. The number of methoxy groups -OCH3 is 1. The molecule has 4 aliphatic rings. The fourth-order valence-electron chi connectivity index (χ4n) is 6.93. The Balaban J connectivity index is 1.19. The summed E-state index contributed by atoms with van der Waals surface area (Å²) < 4.78 is 41.1. The molecule has 2 aromatic carbocycles. The summed E-state index contributed by atoms with van der Waals surface area (Å²) in [6.07, 6.45) is 8.54. The van der Waals surface area contributed by atoms with Crippen LogP contribution in [0.3, 0.4) is 0 Å². The first kappa shape index (κ1) is 35.7. The van der Waals surface area contributed by atoms with Gasteiger partial charge in [-0.15, -0.1) is 0 Å². The predicted molar refractivity (Wildman–Crippen MR) is 198 cm³/mol. The normalized spacial score (nSPS) is 27.7. The average Bonchev–Trinajstić information content (AvgIpc) is 3.91. The Bertz CT molecular complexity index is 1980. The van der Waals surface area contributed by atoms with Crippen molar-refractivity contribution in [2.45, 2.75) is 93.2 Å². The van der Waals surface area contributed by atoms with Gasteiger partial charge in [0.05, 0.1) is 28.6 Å². The van der Waals surface area contributed by atoms with Crippen molar-refractivity contribution in [2.24, 2.45) is 5.92 Å². The van der Waals surface area contributed by atoms with Crippen LogP contribution in [0.1, 0.15) is 64.7 Å². The van der Waals surface area contributed by atoms with Gasteiger partial charge in [0.25, 0.3) is 11.1 Å². The van der Waals surface area contributed by atoms with Crippen LogP contribution in [0, 0.1) is 5.92 Å². The van der Waals surface area contributed by atoms with Crippen LogP contribution in [0.25, 0.3) is 10.2 Å². The van der Waals surface area contributed by atoms with E-state index in [1.165, 1.54) is 11.3 Å². The molecule has 0 bridgehead atoms. The van der Waals surface area contributed by atoms with Gasteiger partial charge in [0.2, 0.25) is 21.8 Å². The number of amides is 3. The number of fused-ring (bicyclic) bond motifs is 3. The molecule has 272 valence electrons. The number of sulfonamides is 1. The van der Waals surface area contributed by atoms with Crippen molar-refractivity contribution in [1.29, 1.82) is 0 Å². The van der Waals surface area contributed by atoms with E-state index in [2.05, 4.69) is 36.3 Å². The summed E-state index contributed by atoms with van der Waals surface area (Å²) in [7, 11) is -2.36. The summed E-state index contributed by atoms with van der Waals surface area (Å²) in [4.78, 5) is 48.9. The molecule has 0 spiro atoms. The van der Waals surface area contributed by atoms with Crippen LogP contribution in [0.2, 0.25) is 0 Å². The monoisotopic (exact) mass is 799 g/mol. The molecule has 51 heavy (non-hydrogen) atoms. The Labute approximate surface area is 309 Å². The third kappa shape index (κ3) is 7.47. The Morgan fingerprint density at radius 3 is 2.75 bits per heavy atom. The molecule has 15 heteroatoms. The summed E-state index contributed by atoms with van der Waals surface area (Å²) >= 11 is 4.88. The summed E-state index contributed by atoms with van der Waals surface area (Å²) in [5.74, 6) is -1.27. The fraction of sp³-hybridized carbons (Fsp3) is 0.500. The van der Waals surface area contributed by atoms with Gasteiger partial charge in [-0.05, 0) is 75.8 Å². The molecule has 3 aromatic rings. The number of carbonyl (C=O) groups is 3. The maximum absolute atomic E-state index is 14.6. The number of benzene rings is 2. The Morgan fingerprint density at radius 1 is 1.14 bits per heavy atom. The van der Waals surface area contributed by atoms with Crippen molar-refractivity contribution in [1.82, 2.24) is 19.9 Å². The zero-order valence-electron chi connectivity index (χ0n) is 28.5. The van der Waals surface area contributed by atoms with Crippen LogP contribution in [-0.2, 0) is 24.4 Å². The number of ether oxygens (including phenoxy) is 2. The second-order valence-corrected chi connectivity index (χ2v) is 18.3. The molecule has 2 saturated carbocycles. The first-order chi connectivity index (χ1) is 24.4. The third-order valence-corrected chi connectivity index (χ3v) is 14.0. The van der Waals surface area contributed by atoms with Gasteiger partial charge >= 0.3 is 0 Å². The topological polar surface area (TPSA) is 156 Å². The Morgan fingerprint density at radius 2 is 1.96 bits per heavy atom. The number of nitrogens with one attached hydrogen (secondary N) is 3. The maximum Gasteiger partial charge on any atom is 0.274 e. The van der Waals surface area contributed by atoms with Crippen LogP contribution in [-0.4, -0.2) is 78.2 Å². The number of hydrogen-bond acceptors (Lipinski definition) is 10. The number of aromatic nitrogens is 1. The lowest BCUT2D eigenvalue weighted by molar-refractivity contribution is -0.140. The number of thiazole rings is 1. The second kappa shape index (κ2) is 14.0. The minimum atomic E-state index is -3.94. The molecule has 5 atom stereocenters. The van der Waals surface area contributed by atoms with E-state index >= 15 is 0 Å². The molecule has 12 nitrogen and oxygen atoms in total. The van der Waals surface area contributed by atoms with Gasteiger partial charge in [0.1, 0.15) is 29.5 Å². The number of allylic oxidation sites excluding steroid dienone is 1. The molecule has 7 rings (SSSR count). The van der Waals surface area contributed by atoms with Crippen LogP contribution >= 0.6 is 27.3 Å². The number of rotatable bonds is 8. The van der Waals surface area contributed by atoms with Crippen molar-refractivity contribution >= 4 is 70.9 Å². The highest BCUT2D eigenvalue weighted by atomic mass is 79.9. The first-order valence-electron chi connectivity index (χ1n) is 17.4. The van der Waals surface area contributed by atoms with Crippen LogP contribution < -0.4 is 24.8 Å². The van der Waals surface area contributed by atoms with Crippen LogP contribution in [0.4, 0.5) is 5.69 Å². The summed E-state index contributed by atoms with van der Waals surface area (Å²) in [6.45, 7) is 1.74. The van der Waals surface area contributed by atoms with E-state index in [4.69, 9.17) is 9.47 Å². The van der Waals surface area contributed by atoms with Gasteiger partial charge in [-0.1, -0.05) is 58.3 Å². The third-order valence-electron chi connectivity index (χ3n) is 10.5. The van der Waals surface area contributed by atoms with Crippen LogP contribution in [0.15, 0.2) is 59.1 Å². The van der Waals surface area contributed by atoms with Crippen molar-refractivity contribution < 1.29 is 32.3 Å².